The Morgan fingerprint density at radius 1 is 0.419 bits per heavy atom. The minimum atomic E-state index is 0. The van der Waals surface area contributed by atoms with E-state index in [9.17, 15) is 0 Å². The van der Waals surface area contributed by atoms with Crippen molar-refractivity contribution in [2.75, 3.05) is 6.61 Å². The van der Waals surface area contributed by atoms with Gasteiger partial charge in [0.2, 0.25) is 6.33 Å². The van der Waals surface area contributed by atoms with Gasteiger partial charge in [-0.2, -0.15) is 0 Å². The highest BCUT2D eigenvalue weighted by atomic mass is 79.9. The fraction of sp³-hybridized carbons (Fsp3) is 0.948. The molecule has 0 saturated carbocycles. The summed E-state index contributed by atoms with van der Waals surface area (Å²) < 4.78 is 11.1. The highest BCUT2D eigenvalue weighted by Gasteiger charge is 2.15. The lowest BCUT2D eigenvalue weighted by molar-refractivity contribution is -0.671. The molecule has 0 bridgehead atoms. The van der Waals surface area contributed by atoms with Crippen LogP contribution in [0, 0.1) is 17.8 Å². The number of ether oxygens (including phenoxy) is 1. The molecule has 3 nitrogen and oxygen atoms in total. The second-order valence-corrected chi connectivity index (χ2v) is 21.2. The van der Waals surface area contributed by atoms with E-state index in [1.165, 1.54) is 276 Å². The van der Waals surface area contributed by atoms with Crippen LogP contribution in [-0.2, 0) is 18.3 Å². The third kappa shape index (κ3) is 43.5. The fourth-order valence-electron chi connectivity index (χ4n) is 9.96. The maximum atomic E-state index is 6.65. The van der Waals surface area contributed by atoms with E-state index in [1.54, 1.807) is 0 Å². The van der Waals surface area contributed by atoms with Crippen molar-refractivity contribution in [3.63, 3.8) is 0 Å². The zero-order valence-electron chi connectivity index (χ0n) is 43.5. The Balaban J connectivity index is 0.0000372. The second kappa shape index (κ2) is 48.6. The predicted molar refractivity (Wildman–Crippen MR) is 273 cm³/mol. The third-order valence-electron chi connectivity index (χ3n) is 14.3. The van der Waals surface area contributed by atoms with Gasteiger partial charge in [-0.3, -0.25) is 0 Å². The molecule has 0 aliphatic rings. The first kappa shape index (κ1) is 61.7. The van der Waals surface area contributed by atoms with Gasteiger partial charge in [-0.05, 0) is 37.0 Å². The van der Waals surface area contributed by atoms with Crippen molar-refractivity contribution in [3.8, 4) is 0 Å². The van der Waals surface area contributed by atoms with Crippen LogP contribution in [0.1, 0.15) is 311 Å². The molecule has 1 aromatic heterocycles. The molecule has 0 N–H and O–H groups in total. The second-order valence-electron chi connectivity index (χ2n) is 21.2. The van der Waals surface area contributed by atoms with E-state index >= 15 is 0 Å². The van der Waals surface area contributed by atoms with Crippen molar-refractivity contribution < 1.29 is 26.3 Å². The van der Waals surface area contributed by atoms with E-state index < -0.39 is 0 Å². The Hall–Kier alpha value is -0.350. The van der Waals surface area contributed by atoms with Crippen molar-refractivity contribution in [2.45, 2.75) is 323 Å². The maximum Gasteiger partial charge on any atom is 0.243 e. The molecule has 1 rings (SSSR count). The Labute approximate surface area is 402 Å². The molecule has 62 heavy (non-hydrogen) atoms. The van der Waals surface area contributed by atoms with Gasteiger partial charge in [-0.25, -0.2) is 9.13 Å². The maximum absolute atomic E-state index is 6.65. The van der Waals surface area contributed by atoms with Crippen molar-refractivity contribution in [2.24, 2.45) is 24.8 Å². The molecule has 0 amide bonds. The lowest BCUT2D eigenvalue weighted by Gasteiger charge is -2.21. The average molecular weight is 936 g/mol. The van der Waals surface area contributed by atoms with Crippen LogP contribution in [-0.4, -0.2) is 17.3 Å². The SMILES string of the molecule is CCCCCCCCCCCCCCCCCCC(CCCCCCCCCCCCCCCCCC)CCCCC(CCC(C)CCCC(C)C)OCCn1cc[n+](C)c1.[Br-]. The standard InChI is InChI=1S/C58H115N2O.BrH/c1-7-9-11-13-15-17-19-21-23-25-27-29-31-33-35-37-44-57(45-38-36-34-32-30-28-26-24-22-20-18-16-14-12-10-8-2)46-39-40-47-58(49-48-56(5)43-41-42-55(3)4)61-53-52-60-51-50-59(6)54-60;/h50-51,54-58H,7-49,52-53H2,1-6H3;1H/q+1;/p-1. The van der Waals surface area contributed by atoms with Crippen LogP contribution in [0.15, 0.2) is 18.7 Å². The van der Waals surface area contributed by atoms with Crippen LogP contribution >= 0.6 is 0 Å². The van der Waals surface area contributed by atoms with Gasteiger partial charge in [0, 0.05) is 0 Å². The van der Waals surface area contributed by atoms with Gasteiger partial charge in [-0.15, -0.1) is 0 Å². The normalized spacial score (nSPS) is 12.8. The number of hydrogen-bond donors (Lipinski definition) is 0. The van der Waals surface area contributed by atoms with Crippen LogP contribution in [0.5, 0.6) is 0 Å². The smallest absolute Gasteiger partial charge is 0.243 e. The third-order valence-corrected chi connectivity index (χ3v) is 14.3. The Morgan fingerprint density at radius 3 is 1.16 bits per heavy atom. The van der Waals surface area contributed by atoms with Gasteiger partial charge < -0.3 is 21.7 Å². The molecule has 0 aliphatic heterocycles. The van der Waals surface area contributed by atoms with Crippen LogP contribution in [0.4, 0.5) is 0 Å². The first-order valence-electron chi connectivity index (χ1n) is 28.6. The summed E-state index contributed by atoms with van der Waals surface area (Å²) in [6.07, 6.45) is 68.9. The van der Waals surface area contributed by atoms with Crippen LogP contribution in [0.25, 0.3) is 0 Å². The monoisotopic (exact) mass is 935 g/mol. The van der Waals surface area contributed by atoms with Crippen molar-refractivity contribution in [1.82, 2.24) is 4.57 Å². The zero-order valence-corrected chi connectivity index (χ0v) is 45.1. The summed E-state index contributed by atoms with van der Waals surface area (Å²) in [4.78, 5) is 0. The molecule has 0 aliphatic carbocycles. The first-order valence-corrected chi connectivity index (χ1v) is 28.6. The molecule has 2 unspecified atom stereocenters. The highest BCUT2D eigenvalue weighted by Crippen LogP contribution is 2.27. The molecule has 0 saturated heterocycles. The first-order chi connectivity index (χ1) is 29.9. The van der Waals surface area contributed by atoms with Crippen molar-refractivity contribution in [3.05, 3.63) is 18.7 Å². The Morgan fingerprint density at radius 2 is 0.790 bits per heavy atom. The number of hydrogen-bond acceptors (Lipinski definition) is 1. The van der Waals surface area contributed by atoms with Crippen molar-refractivity contribution >= 4 is 0 Å². The molecule has 0 radical (unpaired) electrons. The average Bonchev–Trinajstić information content (AvgIpc) is 3.67. The van der Waals surface area contributed by atoms with E-state index in [4.69, 9.17) is 4.74 Å². The van der Waals surface area contributed by atoms with Crippen LogP contribution < -0.4 is 21.5 Å². The number of imidazole rings is 1. The van der Waals surface area contributed by atoms with Gasteiger partial charge in [0.1, 0.15) is 18.9 Å². The van der Waals surface area contributed by atoms with Crippen LogP contribution in [0.2, 0.25) is 0 Å². The lowest BCUT2D eigenvalue weighted by atomic mass is 9.89. The van der Waals surface area contributed by atoms with Gasteiger partial charge >= 0.3 is 0 Å². The fourth-order valence-corrected chi connectivity index (χ4v) is 9.96. The Kier molecular flexibility index (Phi) is 48.3. The predicted octanol–water partition coefficient (Wildman–Crippen LogP) is 16.4. The van der Waals surface area contributed by atoms with Gasteiger partial charge in [0.25, 0.3) is 0 Å². The molecule has 4 heteroatoms. The Bertz CT molecular complexity index is 942. The van der Waals surface area contributed by atoms with Crippen molar-refractivity contribution in [1.29, 1.82) is 0 Å². The molecule has 1 aromatic rings. The van der Waals surface area contributed by atoms with Crippen LogP contribution in [0.3, 0.4) is 0 Å². The van der Waals surface area contributed by atoms with E-state index in [0.29, 0.717) is 6.10 Å². The number of aromatic nitrogens is 2. The summed E-state index contributed by atoms with van der Waals surface area (Å²) in [7, 11) is 2.11. The molecular formula is C58H115BrN2O. The highest BCUT2D eigenvalue weighted by molar-refractivity contribution is 4.69. The van der Waals surface area contributed by atoms with Gasteiger partial charge in [0.15, 0.2) is 0 Å². The molecule has 0 fully saturated rings. The summed E-state index contributed by atoms with van der Waals surface area (Å²) in [5.74, 6) is 2.60. The topological polar surface area (TPSA) is 18.0 Å². The quantitative estimate of drug-likeness (QED) is 0.0470. The van der Waals surface area contributed by atoms with Gasteiger partial charge in [0.05, 0.1) is 19.8 Å². The molecular weight excluding hydrogens is 821 g/mol. The van der Waals surface area contributed by atoms with Gasteiger partial charge in [-0.1, -0.05) is 291 Å². The minimum Gasteiger partial charge on any atom is -1.00 e. The summed E-state index contributed by atoms with van der Waals surface area (Å²) >= 11 is 0. The largest absolute Gasteiger partial charge is 1.00 e. The molecule has 370 valence electrons. The summed E-state index contributed by atoms with van der Waals surface area (Å²) in [5, 5.41) is 0. The number of nitrogens with zero attached hydrogens (tertiary/aromatic N) is 2. The number of unbranched alkanes of at least 4 members (excludes halogenated alkanes) is 31. The number of aryl methyl sites for hydroxylation is 1. The molecule has 0 aromatic carbocycles. The number of halogens is 1. The van der Waals surface area contributed by atoms with E-state index in [2.05, 4.69) is 69.5 Å². The summed E-state index contributed by atoms with van der Waals surface area (Å²) in [6.45, 7) is 13.7. The van der Waals surface area contributed by atoms with E-state index in [-0.39, 0.29) is 17.0 Å². The minimum absolute atomic E-state index is 0. The number of rotatable bonds is 50. The molecule has 2 atom stereocenters. The summed E-state index contributed by atoms with van der Waals surface area (Å²) in [6, 6.07) is 0. The molecule has 1 heterocycles. The zero-order chi connectivity index (χ0) is 44.1. The summed E-state index contributed by atoms with van der Waals surface area (Å²) in [5.41, 5.74) is 0. The lowest BCUT2D eigenvalue weighted by Crippen LogP contribution is -3.00. The van der Waals surface area contributed by atoms with E-state index in [1.807, 2.05) is 0 Å². The van der Waals surface area contributed by atoms with E-state index in [0.717, 1.165) is 30.9 Å². The molecule has 0 spiro atoms.